The average molecular weight is 412 g/mol. The van der Waals surface area contributed by atoms with Gasteiger partial charge in [0.15, 0.2) is 0 Å². The van der Waals surface area contributed by atoms with Crippen LogP contribution in [-0.4, -0.2) is 4.98 Å². The van der Waals surface area contributed by atoms with Gasteiger partial charge in [-0.3, -0.25) is 4.98 Å². The van der Waals surface area contributed by atoms with Gasteiger partial charge in [0, 0.05) is 28.1 Å². The first-order valence-corrected chi connectivity index (χ1v) is 11.1. The molecule has 1 aliphatic rings. The van der Waals surface area contributed by atoms with E-state index in [0.29, 0.717) is 0 Å². The molecule has 1 aliphatic carbocycles. The van der Waals surface area contributed by atoms with Gasteiger partial charge in [0.25, 0.3) is 0 Å². The summed E-state index contributed by atoms with van der Waals surface area (Å²) in [7, 11) is 0. The largest absolute Gasteiger partial charge is 0.455 e. The predicted octanol–water partition coefficient (Wildman–Crippen LogP) is 8.11. The topological polar surface area (TPSA) is 26.0 Å². The summed E-state index contributed by atoms with van der Waals surface area (Å²) in [6.07, 6.45) is 1.87. The van der Waals surface area contributed by atoms with E-state index in [1.165, 1.54) is 32.8 Å². The van der Waals surface area contributed by atoms with Crippen LogP contribution in [0, 0.1) is 0 Å². The summed E-state index contributed by atoms with van der Waals surface area (Å²) in [6.45, 7) is 4.64. The molecular formula is C30H21NO. The van der Waals surface area contributed by atoms with Gasteiger partial charge in [-0.25, -0.2) is 0 Å². The van der Waals surface area contributed by atoms with Crippen LogP contribution in [0.15, 0.2) is 95.5 Å². The van der Waals surface area contributed by atoms with E-state index in [9.17, 15) is 0 Å². The first-order chi connectivity index (χ1) is 15.6. The molecule has 32 heavy (non-hydrogen) atoms. The van der Waals surface area contributed by atoms with Crippen molar-refractivity contribution in [3.8, 4) is 22.4 Å². The summed E-state index contributed by atoms with van der Waals surface area (Å²) in [6, 6.07) is 30.2. The van der Waals surface area contributed by atoms with E-state index in [4.69, 9.17) is 9.40 Å². The van der Waals surface area contributed by atoms with Crippen molar-refractivity contribution in [1.82, 2.24) is 4.98 Å². The number of pyridine rings is 1. The van der Waals surface area contributed by atoms with Crippen molar-refractivity contribution in [2.75, 3.05) is 0 Å². The normalized spacial score (nSPS) is 14.2. The van der Waals surface area contributed by atoms with E-state index >= 15 is 0 Å². The summed E-state index contributed by atoms with van der Waals surface area (Å²) in [5, 5.41) is 4.80. The van der Waals surface area contributed by atoms with Gasteiger partial charge in [0.1, 0.15) is 11.2 Å². The maximum Gasteiger partial charge on any atom is 0.143 e. The Hall–Kier alpha value is -3.91. The zero-order valence-corrected chi connectivity index (χ0v) is 18.0. The number of hydrogen-bond acceptors (Lipinski definition) is 2. The van der Waals surface area contributed by atoms with Gasteiger partial charge in [-0.15, -0.1) is 0 Å². The van der Waals surface area contributed by atoms with E-state index in [1.54, 1.807) is 0 Å². The molecular weight excluding hydrogens is 390 g/mol. The minimum absolute atomic E-state index is 0.204. The van der Waals surface area contributed by atoms with Crippen LogP contribution in [0.4, 0.5) is 0 Å². The lowest BCUT2D eigenvalue weighted by atomic mass is 9.75. The Morgan fingerprint density at radius 1 is 0.688 bits per heavy atom. The van der Waals surface area contributed by atoms with Crippen LogP contribution < -0.4 is 0 Å². The standard InChI is InChI=1S/C30H21NO/c1-30(2)23-13-12-21(18-8-4-3-5-9-18)29-26(23)27-25(32-29)14-15-31-28(27)22-16-19-10-6-7-11-20(19)17-24(22)30/h3-17H,1-2H3. The van der Waals surface area contributed by atoms with E-state index in [1.807, 2.05) is 18.3 Å². The number of furan rings is 1. The van der Waals surface area contributed by atoms with Crippen LogP contribution in [0.1, 0.15) is 25.0 Å². The lowest BCUT2D eigenvalue weighted by Crippen LogP contribution is -2.19. The molecule has 152 valence electrons. The second kappa shape index (κ2) is 6.08. The highest BCUT2D eigenvalue weighted by Gasteiger charge is 2.35. The Balaban J connectivity index is 1.69. The number of benzene rings is 4. The van der Waals surface area contributed by atoms with Gasteiger partial charge in [0.2, 0.25) is 0 Å². The second-order valence-electron chi connectivity index (χ2n) is 9.24. The molecule has 2 heterocycles. The van der Waals surface area contributed by atoms with Crippen molar-refractivity contribution >= 4 is 32.7 Å². The van der Waals surface area contributed by atoms with Crippen LogP contribution in [-0.2, 0) is 5.41 Å². The van der Waals surface area contributed by atoms with Gasteiger partial charge in [-0.2, -0.15) is 0 Å². The summed E-state index contributed by atoms with van der Waals surface area (Å²) in [5.74, 6) is 0. The number of aromatic nitrogens is 1. The first kappa shape index (κ1) is 17.7. The van der Waals surface area contributed by atoms with E-state index in [0.717, 1.165) is 33.4 Å². The zero-order chi connectivity index (χ0) is 21.4. The minimum Gasteiger partial charge on any atom is -0.455 e. The lowest BCUT2D eigenvalue weighted by molar-refractivity contribution is 0.644. The fraction of sp³-hybridized carbons (Fsp3) is 0.100. The molecule has 7 rings (SSSR count). The maximum absolute atomic E-state index is 6.55. The molecule has 0 N–H and O–H groups in total. The van der Waals surface area contributed by atoms with Crippen molar-refractivity contribution in [1.29, 1.82) is 0 Å². The highest BCUT2D eigenvalue weighted by molar-refractivity contribution is 6.18. The third kappa shape index (κ3) is 2.22. The summed E-state index contributed by atoms with van der Waals surface area (Å²) >= 11 is 0. The highest BCUT2D eigenvalue weighted by Crippen LogP contribution is 2.51. The zero-order valence-electron chi connectivity index (χ0n) is 18.0. The third-order valence-electron chi connectivity index (χ3n) is 7.10. The predicted molar refractivity (Wildman–Crippen MR) is 132 cm³/mol. The second-order valence-corrected chi connectivity index (χ2v) is 9.24. The number of hydrogen-bond donors (Lipinski definition) is 0. The molecule has 6 aromatic rings. The maximum atomic E-state index is 6.55. The van der Waals surface area contributed by atoms with Gasteiger partial charge in [0.05, 0.1) is 11.1 Å². The molecule has 0 atom stereocenters. The van der Waals surface area contributed by atoms with Crippen molar-refractivity contribution in [2.45, 2.75) is 19.3 Å². The Bertz CT molecular complexity index is 1690. The molecule has 0 radical (unpaired) electrons. The SMILES string of the molecule is CC1(C)c2cc3ccccc3cc2-c2nccc3oc4c(-c5ccccc5)ccc1c4c23. The molecule has 0 saturated carbocycles. The van der Waals surface area contributed by atoms with Crippen LogP contribution in [0.25, 0.3) is 55.1 Å². The lowest BCUT2D eigenvalue weighted by Gasteiger charge is -2.28. The van der Waals surface area contributed by atoms with E-state index in [-0.39, 0.29) is 5.41 Å². The Morgan fingerprint density at radius 2 is 1.44 bits per heavy atom. The Morgan fingerprint density at radius 3 is 2.25 bits per heavy atom. The molecule has 0 spiro atoms. The molecule has 2 aromatic heterocycles. The molecule has 0 unspecified atom stereocenters. The quantitative estimate of drug-likeness (QED) is 0.273. The van der Waals surface area contributed by atoms with Crippen LogP contribution in [0.3, 0.4) is 0 Å². The molecule has 0 bridgehead atoms. The van der Waals surface area contributed by atoms with E-state index < -0.39 is 0 Å². The minimum atomic E-state index is -0.204. The molecule has 0 fully saturated rings. The third-order valence-corrected chi connectivity index (χ3v) is 7.10. The molecule has 2 nitrogen and oxygen atoms in total. The fourth-order valence-electron chi connectivity index (χ4n) is 5.49. The molecule has 2 heteroatoms. The summed E-state index contributed by atoms with van der Waals surface area (Å²) in [4.78, 5) is 4.91. The molecule has 0 aliphatic heterocycles. The van der Waals surface area contributed by atoms with Crippen molar-refractivity contribution < 1.29 is 4.42 Å². The van der Waals surface area contributed by atoms with Crippen molar-refractivity contribution in [3.63, 3.8) is 0 Å². The number of nitrogens with zero attached hydrogens (tertiary/aromatic N) is 1. The average Bonchev–Trinajstić information content (AvgIpc) is 3.19. The fourth-order valence-corrected chi connectivity index (χ4v) is 5.49. The van der Waals surface area contributed by atoms with Gasteiger partial charge >= 0.3 is 0 Å². The van der Waals surface area contributed by atoms with Crippen molar-refractivity contribution in [2.24, 2.45) is 0 Å². The van der Waals surface area contributed by atoms with E-state index in [2.05, 4.69) is 86.6 Å². The summed E-state index contributed by atoms with van der Waals surface area (Å²) < 4.78 is 6.55. The first-order valence-electron chi connectivity index (χ1n) is 11.1. The van der Waals surface area contributed by atoms with Gasteiger partial charge in [-0.1, -0.05) is 80.6 Å². The molecule has 0 amide bonds. The van der Waals surface area contributed by atoms with Gasteiger partial charge in [-0.05, 0) is 45.7 Å². The van der Waals surface area contributed by atoms with Crippen LogP contribution in [0.5, 0.6) is 0 Å². The van der Waals surface area contributed by atoms with Crippen LogP contribution >= 0.6 is 0 Å². The number of rotatable bonds is 1. The van der Waals surface area contributed by atoms with Crippen molar-refractivity contribution in [3.05, 3.63) is 102 Å². The number of fused-ring (bicyclic) bond motifs is 3. The Labute approximate surface area is 186 Å². The smallest absolute Gasteiger partial charge is 0.143 e. The monoisotopic (exact) mass is 411 g/mol. The highest BCUT2D eigenvalue weighted by atomic mass is 16.3. The Kier molecular flexibility index (Phi) is 3.37. The molecule has 4 aromatic carbocycles. The molecule has 0 saturated heterocycles. The van der Waals surface area contributed by atoms with Crippen LogP contribution in [0.2, 0.25) is 0 Å². The summed E-state index contributed by atoms with van der Waals surface area (Å²) in [5.41, 5.74) is 8.73. The van der Waals surface area contributed by atoms with Gasteiger partial charge < -0.3 is 4.42 Å².